The zero-order chi connectivity index (χ0) is 14.1. The van der Waals surface area contributed by atoms with Gasteiger partial charge in [-0.2, -0.15) is 0 Å². The molecule has 2 aromatic rings. The molecule has 2 N–H and O–H groups in total. The van der Waals surface area contributed by atoms with Crippen LogP contribution in [0.4, 0.5) is 5.95 Å². The lowest BCUT2D eigenvalue weighted by Gasteiger charge is -2.31. The van der Waals surface area contributed by atoms with Gasteiger partial charge in [-0.1, -0.05) is 18.5 Å². The maximum Gasteiger partial charge on any atom is 0.201 e. The minimum absolute atomic E-state index is 0.597. The van der Waals surface area contributed by atoms with Crippen LogP contribution in [-0.2, 0) is 6.54 Å². The Morgan fingerprint density at radius 3 is 2.80 bits per heavy atom. The summed E-state index contributed by atoms with van der Waals surface area (Å²) in [5, 5.41) is 0.707. The number of fused-ring (bicyclic) bond motifs is 1. The minimum atomic E-state index is 0.597. The maximum atomic E-state index is 6.07. The summed E-state index contributed by atoms with van der Waals surface area (Å²) < 4.78 is 2.14. The average Bonchev–Trinajstić information content (AvgIpc) is 2.75. The van der Waals surface area contributed by atoms with Crippen LogP contribution in [0.1, 0.15) is 19.8 Å². The molecule has 0 bridgehead atoms. The number of benzene rings is 1. The predicted octanol–water partition coefficient (Wildman–Crippen LogP) is 3.00. The van der Waals surface area contributed by atoms with Crippen LogP contribution in [0.2, 0.25) is 5.02 Å². The topological polar surface area (TPSA) is 47.1 Å². The second-order valence-electron chi connectivity index (χ2n) is 5.59. The predicted molar refractivity (Wildman–Crippen MR) is 84.0 cm³/mol. The van der Waals surface area contributed by atoms with Gasteiger partial charge in [0.1, 0.15) is 0 Å². The molecule has 0 aliphatic carbocycles. The van der Waals surface area contributed by atoms with Gasteiger partial charge in [0.2, 0.25) is 5.95 Å². The number of piperidine rings is 1. The van der Waals surface area contributed by atoms with Crippen molar-refractivity contribution in [1.29, 1.82) is 0 Å². The Hall–Kier alpha value is -1.26. The molecule has 0 atom stereocenters. The molecule has 4 nitrogen and oxygen atoms in total. The summed E-state index contributed by atoms with van der Waals surface area (Å²) in [5.41, 5.74) is 8.05. The molecule has 0 radical (unpaired) electrons. The van der Waals surface area contributed by atoms with E-state index >= 15 is 0 Å². The molecule has 1 aromatic heterocycles. The van der Waals surface area contributed by atoms with E-state index in [2.05, 4.69) is 21.4 Å². The Bertz CT molecular complexity index is 599. The van der Waals surface area contributed by atoms with Gasteiger partial charge in [0.25, 0.3) is 0 Å². The molecule has 0 saturated carbocycles. The highest BCUT2D eigenvalue weighted by Gasteiger charge is 2.20. The smallest absolute Gasteiger partial charge is 0.201 e. The Balaban J connectivity index is 1.79. The number of rotatable bonds is 3. The summed E-state index contributed by atoms with van der Waals surface area (Å²) in [7, 11) is 0. The van der Waals surface area contributed by atoms with E-state index in [1.165, 1.54) is 25.9 Å². The number of aromatic nitrogens is 2. The molecule has 0 amide bonds. The van der Waals surface area contributed by atoms with Crippen molar-refractivity contribution >= 4 is 28.6 Å². The number of nitrogen functional groups attached to an aromatic ring is 1. The first kappa shape index (κ1) is 13.7. The quantitative estimate of drug-likeness (QED) is 0.946. The van der Waals surface area contributed by atoms with Crippen LogP contribution in [-0.4, -0.2) is 34.1 Å². The van der Waals surface area contributed by atoms with Crippen LogP contribution in [0.5, 0.6) is 0 Å². The highest BCUT2D eigenvalue weighted by atomic mass is 35.5. The maximum absolute atomic E-state index is 6.07. The van der Waals surface area contributed by atoms with E-state index in [0.717, 1.165) is 24.1 Å². The van der Waals surface area contributed by atoms with Crippen molar-refractivity contribution < 1.29 is 0 Å². The Kier molecular flexibility index (Phi) is 3.85. The molecule has 1 fully saturated rings. The molecule has 5 heteroatoms. The molecule has 0 spiro atoms. The number of nitrogens with zero attached hydrogens (tertiary/aromatic N) is 3. The van der Waals surface area contributed by atoms with Gasteiger partial charge in [0, 0.05) is 11.6 Å². The number of hydrogen-bond donors (Lipinski definition) is 1. The average molecular weight is 293 g/mol. The standard InChI is InChI=1S/C15H21ClN4/c1-2-19-7-5-11(6-8-19)10-20-14-4-3-12(16)9-13(14)18-15(20)17/h3-4,9,11H,2,5-8,10H2,1H3,(H2,17,18). The fraction of sp³-hybridized carbons (Fsp3) is 0.533. The highest BCUT2D eigenvalue weighted by Crippen LogP contribution is 2.25. The number of imidazole rings is 1. The van der Waals surface area contributed by atoms with Gasteiger partial charge in [0.15, 0.2) is 0 Å². The molecule has 1 aliphatic heterocycles. The highest BCUT2D eigenvalue weighted by molar-refractivity contribution is 6.31. The lowest BCUT2D eigenvalue weighted by molar-refractivity contribution is 0.182. The van der Waals surface area contributed by atoms with E-state index in [1.807, 2.05) is 18.2 Å². The molecule has 108 valence electrons. The summed E-state index contributed by atoms with van der Waals surface area (Å²) in [5.74, 6) is 1.29. The number of nitrogens with two attached hydrogens (primary N) is 1. The third kappa shape index (κ3) is 2.63. The molecule has 2 heterocycles. The minimum Gasteiger partial charge on any atom is -0.369 e. The first-order valence-electron chi connectivity index (χ1n) is 7.31. The van der Waals surface area contributed by atoms with Gasteiger partial charge in [-0.25, -0.2) is 4.98 Å². The van der Waals surface area contributed by atoms with Gasteiger partial charge < -0.3 is 15.2 Å². The van der Waals surface area contributed by atoms with E-state index in [9.17, 15) is 0 Å². The molecule has 1 aromatic carbocycles. The summed E-state index contributed by atoms with van der Waals surface area (Å²) in [4.78, 5) is 6.92. The van der Waals surface area contributed by atoms with Crippen molar-refractivity contribution in [3.8, 4) is 0 Å². The van der Waals surface area contributed by atoms with Crippen LogP contribution in [0.15, 0.2) is 18.2 Å². The SMILES string of the molecule is CCN1CCC(Cn2c(N)nc3cc(Cl)ccc32)CC1. The monoisotopic (exact) mass is 292 g/mol. The third-order valence-corrected chi connectivity index (χ3v) is 4.57. The number of hydrogen-bond acceptors (Lipinski definition) is 3. The first-order chi connectivity index (χ1) is 9.67. The molecule has 1 aliphatic rings. The fourth-order valence-electron chi connectivity index (χ4n) is 3.06. The summed E-state index contributed by atoms with van der Waals surface area (Å²) in [6.07, 6.45) is 2.47. The fourth-order valence-corrected chi connectivity index (χ4v) is 3.22. The van der Waals surface area contributed by atoms with Gasteiger partial charge in [-0.3, -0.25) is 0 Å². The van der Waals surface area contributed by atoms with E-state index in [0.29, 0.717) is 16.9 Å². The van der Waals surface area contributed by atoms with E-state index in [-0.39, 0.29) is 0 Å². The Morgan fingerprint density at radius 2 is 2.10 bits per heavy atom. The van der Waals surface area contributed by atoms with Crippen molar-refractivity contribution in [1.82, 2.24) is 14.5 Å². The molecule has 20 heavy (non-hydrogen) atoms. The van der Waals surface area contributed by atoms with Crippen LogP contribution in [0.25, 0.3) is 11.0 Å². The largest absolute Gasteiger partial charge is 0.369 e. The molecule has 0 unspecified atom stereocenters. The molecular weight excluding hydrogens is 272 g/mol. The molecule has 3 rings (SSSR count). The molecular formula is C15H21ClN4. The number of halogens is 1. The van der Waals surface area contributed by atoms with Gasteiger partial charge in [-0.05, 0) is 56.6 Å². The Morgan fingerprint density at radius 1 is 1.35 bits per heavy atom. The normalized spacial score (nSPS) is 17.9. The van der Waals surface area contributed by atoms with Crippen LogP contribution in [0, 0.1) is 5.92 Å². The summed E-state index contributed by atoms with van der Waals surface area (Å²) in [6.45, 7) is 6.73. The third-order valence-electron chi connectivity index (χ3n) is 4.33. The van der Waals surface area contributed by atoms with E-state index < -0.39 is 0 Å². The second kappa shape index (κ2) is 5.62. The van der Waals surface area contributed by atoms with Crippen molar-refractivity contribution in [3.63, 3.8) is 0 Å². The van der Waals surface area contributed by atoms with Crippen molar-refractivity contribution in [3.05, 3.63) is 23.2 Å². The van der Waals surface area contributed by atoms with Crippen molar-refractivity contribution in [2.24, 2.45) is 5.92 Å². The lowest BCUT2D eigenvalue weighted by atomic mass is 9.96. The van der Waals surface area contributed by atoms with Gasteiger partial charge in [-0.15, -0.1) is 0 Å². The lowest BCUT2D eigenvalue weighted by Crippen LogP contribution is -2.34. The van der Waals surface area contributed by atoms with Crippen LogP contribution in [0.3, 0.4) is 0 Å². The zero-order valence-corrected chi connectivity index (χ0v) is 12.6. The van der Waals surface area contributed by atoms with Crippen molar-refractivity contribution in [2.45, 2.75) is 26.3 Å². The van der Waals surface area contributed by atoms with Crippen molar-refractivity contribution in [2.75, 3.05) is 25.4 Å². The zero-order valence-electron chi connectivity index (χ0n) is 11.8. The summed E-state index contributed by atoms with van der Waals surface area (Å²) >= 11 is 6.01. The second-order valence-corrected chi connectivity index (χ2v) is 6.03. The Labute approximate surface area is 124 Å². The number of likely N-dealkylation sites (tertiary alicyclic amines) is 1. The number of anilines is 1. The van der Waals surface area contributed by atoms with Crippen LogP contribution >= 0.6 is 11.6 Å². The van der Waals surface area contributed by atoms with Gasteiger partial charge >= 0.3 is 0 Å². The first-order valence-corrected chi connectivity index (χ1v) is 7.68. The summed E-state index contributed by atoms with van der Waals surface area (Å²) in [6, 6.07) is 5.80. The van der Waals surface area contributed by atoms with Crippen LogP contribution < -0.4 is 5.73 Å². The molecule has 1 saturated heterocycles. The van der Waals surface area contributed by atoms with Gasteiger partial charge in [0.05, 0.1) is 11.0 Å². The van der Waals surface area contributed by atoms with E-state index in [4.69, 9.17) is 17.3 Å². The van der Waals surface area contributed by atoms with E-state index in [1.54, 1.807) is 0 Å².